The van der Waals surface area contributed by atoms with E-state index >= 15 is 0 Å². The van der Waals surface area contributed by atoms with Gasteiger partial charge in [-0.25, -0.2) is 17.2 Å². The number of rotatable bonds is 11. The number of amides is 1. The number of hydrogen-bond acceptors (Lipinski definition) is 7. The van der Waals surface area contributed by atoms with Crippen LogP contribution in [0.3, 0.4) is 0 Å². The van der Waals surface area contributed by atoms with Crippen LogP contribution in [0.5, 0.6) is 0 Å². The molecule has 0 saturated carbocycles. The number of sulfonamides is 1. The molecule has 0 aliphatic rings. The first-order valence-electron chi connectivity index (χ1n) is 10.3. The third-order valence-electron chi connectivity index (χ3n) is 4.72. The average Bonchev–Trinajstić information content (AvgIpc) is 3.19. The lowest BCUT2D eigenvalue weighted by molar-refractivity contribution is 0.0798. The normalized spacial score (nSPS) is 13.3. The second-order valence-electron chi connectivity index (χ2n) is 7.80. The van der Waals surface area contributed by atoms with E-state index in [1.807, 2.05) is 24.3 Å². The fourth-order valence-corrected chi connectivity index (χ4v) is 4.35. The van der Waals surface area contributed by atoms with Gasteiger partial charge in [-0.15, -0.1) is 0 Å². The molecule has 3 aromatic rings. The topological polar surface area (TPSA) is 134 Å². The molecule has 4 N–H and O–H groups in total. The maximum absolute atomic E-state index is 13.7. The number of carbonyl (C=O) groups is 1. The maximum atomic E-state index is 13.7. The second kappa shape index (κ2) is 11.9. The molecule has 1 heterocycles. The first kappa shape index (κ1) is 27.0. The van der Waals surface area contributed by atoms with Gasteiger partial charge in [0.15, 0.2) is 5.82 Å². The Labute approximate surface area is 214 Å². The summed E-state index contributed by atoms with van der Waals surface area (Å²) in [6.07, 6.45) is 0.611. The lowest BCUT2D eigenvalue weighted by atomic mass is 10.0. The molecule has 0 fully saturated rings. The molecule has 0 aliphatic carbocycles. The van der Waals surface area contributed by atoms with E-state index in [0.29, 0.717) is 6.54 Å². The molecule has 9 nitrogen and oxygen atoms in total. The summed E-state index contributed by atoms with van der Waals surface area (Å²) in [7, 11) is -3.63. The Morgan fingerprint density at radius 2 is 1.89 bits per heavy atom. The number of halogens is 3. The van der Waals surface area contributed by atoms with Crippen LogP contribution in [0.4, 0.5) is 14.6 Å². The van der Waals surface area contributed by atoms with E-state index in [9.17, 15) is 27.1 Å². The minimum Gasteiger partial charge on any atom is -0.439 e. The number of anilines is 1. The van der Waals surface area contributed by atoms with Crippen LogP contribution in [0, 0.1) is 15.2 Å². The molecule has 2 aromatic carbocycles. The van der Waals surface area contributed by atoms with E-state index < -0.39 is 45.6 Å². The van der Waals surface area contributed by atoms with Crippen molar-refractivity contribution in [3.05, 3.63) is 80.9 Å². The van der Waals surface area contributed by atoms with Crippen molar-refractivity contribution < 1.29 is 31.5 Å². The molecular weight excluding hydrogens is 597 g/mol. The summed E-state index contributed by atoms with van der Waals surface area (Å²) in [5, 5.41) is 16.4. The molecule has 0 radical (unpaired) electrons. The van der Waals surface area contributed by atoms with Gasteiger partial charge >= 0.3 is 5.91 Å². The largest absolute Gasteiger partial charge is 0.439 e. The minimum atomic E-state index is -3.63. The van der Waals surface area contributed by atoms with Crippen LogP contribution < -0.4 is 15.4 Å². The molecule has 13 heteroatoms. The second-order valence-corrected chi connectivity index (χ2v) is 10.8. The lowest BCUT2D eigenvalue weighted by Crippen LogP contribution is -2.48. The van der Waals surface area contributed by atoms with Gasteiger partial charge in [0.2, 0.25) is 10.0 Å². The summed E-state index contributed by atoms with van der Waals surface area (Å²) >= 11 is 2.19. The van der Waals surface area contributed by atoms with Crippen molar-refractivity contribution >= 4 is 44.3 Å². The lowest BCUT2D eigenvalue weighted by Gasteiger charge is -2.24. The van der Waals surface area contributed by atoms with Crippen molar-refractivity contribution in [2.45, 2.75) is 25.1 Å². The van der Waals surface area contributed by atoms with Crippen molar-refractivity contribution in [2.75, 3.05) is 17.5 Å². The van der Waals surface area contributed by atoms with Gasteiger partial charge < -0.3 is 20.2 Å². The highest BCUT2D eigenvalue weighted by molar-refractivity contribution is 14.1. The average molecular weight is 620 g/mol. The molecule has 0 saturated heterocycles. The molecule has 2 atom stereocenters. The number of aromatic nitrogens is 1. The van der Waals surface area contributed by atoms with Crippen LogP contribution in [-0.2, 0) is 23.0 Å². The van der Waals surface area contributed by atoms with Gasteiger partial charge in [-0.05, 0) is 64.4 Å². The summed E-state index contributed by atoms with van der Waals surface area (Å²) in [5.74, 6) is -3.07. The van der Waals surface area contributed by atoms with Gasteiger partial charge in [0, 0.05) is 22.7 Å². The Kier molecular flexibility index (Phi) is 9.15. The van der Waals surface area contributed by atoms with Gasteiger partial charge in [0.05, 0.1) is 18.4 Å². The Bertz CT molecular complexity index is 1270. The van der Waals surface area contributed by atoms with E-state index in [-0.39, 0.29) is 24.3 Å². The first-order chi connectivity index (χ1) is 16.5. The molecule has 0 unspecified atom stereocenters. The maximum Gasteiger partial charge on any atom is 0.307 e. The van der Waals surface area contributed by atoms with Crippen LogP contribution in [0.2, 0.25) is 0 Å². The molecule has 1 aromatic heterocycles. The Morgan fingerprint density at radius 3 is 2.54 bits per heavy atom. The van der Waals surface area contributed by atoms with Crippen molar-refractivity contribution in [3.63, 3.8) is 0 Å². The fraction of sp³-hybridized carbons (Fsp3) is 0.273. The van der Waals surface area contributed by atoms with Gasteiger partial charge in [-0.3, -0.25) is 9.52 Å². The monoisotopic (exact) mass is 620 g/mol. The molecule has 1 amide bonds. The Hall–Kier alpha value is -2.62. The molecule has 188 valence electrons. The number of hydrogen-bond donors (Lipinski definition) is 4. The Morgan fingerprint density at radius 1 is 1.17 bits per heavy atom. The number of nitrogens with zero attached hydrogens (tertiary/aromatic N) is 1. The molecule has 0 aliphatic heterocycles. The standard InChI is InChI=1S/C22H23F2IN4O5S/c1-35(32,33)29-20-12-34-22(28-20)21(31)27-18(8-14-5-15(23)9-16(24)6-14)19(30)11-26-10-13-3-2-4-17(25)7-13/h2-7,9,12,18-19,26,29-30H,8,10-11H2,1H3,(H,27,31)/t18-,19+/m0/s1. The predicted molar refractivity (Wildman–Crippen MR) is 133 cm³/mol. The highest BCUT2D eigenvalue weighted by Crippen LogP contribution is 2.14. The van der Waals surface area contributed by atoms with Crippen LogP contribution in [0.1, 0.15) is 21.8 Å². The summed E-state index contributed by atoms with van der Waals surface area (Å²) in [5.41, 5.74) is 1.21. The molecule has 0 spiro atoms. The number of carbonyl (C=O) groups excluding carboxylic acids is 1. The summed E-state index contributed by atoms with van der Waals surface area (Å²) in [6, 6.07) is 9.69. The van der Waals surface area contributed by atoms with E-state index in [1.54, 1.807) is 0 Å². The number of benzene rings is 2. The third-order valence-corrected chi connectivity index (χ3v) is 5.97. The number of aliphatic hydroxyl groups excluding tert-OH is 1. The smallest absolute Gasteiger partial charge is 0.307 e. The Balaban J connectivity index is 1.71. The van der Waals surface area contributed by atoms with Crippen LogP contribution in [0.25, 0.3) is 0 Å². The van der Waals surface area contributed by atoms with Gasteiger partial charge in [0.25, 0.3) is 5.89 Å². The number of nitrogens with one attached hydrogen (secondary N) is 3. The summed E-state index contributed by atoms with van der Waals surface area (Å²) in [6.45, 7) is 0.504. The van der Waals surface area contributed by atoms with Crippen molar-refractivity contribution in [1.82, 2.24) is 15.6 Å². The zero-order chi connectivity index (χ0) is 25.6. The first-order valence-corrected chi connectivity index (χ1v) is 13.3. The van der Waals surface area contributed by atoms with Crippen LogP contribution in [0.15, 0.2) is 53.1 Å². The predicted octanol–water partition coefficient (Wildman–Crippen LogP) is 2.42. The molecule has 35 heavy (non-hydrogen) atoms. The summed E-state index contributed by atoms with van der Waals surface area (Å²) in [4.78, 5) is 16.4. The van der Waals surface area contributed by atoms with E-state index in [4.69, 9.17) is 4.42 Å². The zero-order valence-corrected chi connectivity index (χ0v) is 21.4. The number of oxazole rings is 1. The number of aliphatic hydroxyl groups is 1. The molecule has 0 bridgehead atoms. The quantitative estimate of drug-likeness (QED) is 0.242. The zero-order valence-electron chi connectivity index (χ0n) is 18.5. The highest BCUT2D eigenvalue weighted by atomic mass is 127. The third kappa shape index (κ3) is 8.83. The van der Waals surface area contributed by atoms with Gasteiger partial charge in [0.1, 0.15) is 17.9 Å². The van der Waals surface area contributed by atoms with E-state index in [2.05, 4.69) is 42.9 Å². The van der Waals surface area contributed by atoms with Crippen molar-refractivity contribution in [1.29, 1.82) is 0 Å². The van der Waals surface area contributed by atoms with Crippen LogP contribution >= 0.6 is 22.6 Å². The van der Waals surface area contributed by atoms with Crippen molar-refractivity contribution in [2.24, 2.45) is 0 Å². The van der Waals surface area contributed by atoms with Crippen LogP contribution in [-0.4, -0.2) is 49.4 Å². The fourth-order valence-electron chi connectivity index (χ4n) is 3.26. The highest BCUT2D eigenvalue weighted by Gasteiger charge is 2.25. The van der Waals surface area contributed by atoms with Gasteiger partial charge in [-0.1, -0.05) is 12.1 Å². The van der Waals surface area contributed by atoms with E-state index in [0.717, 1.165) is 39.9 Å². The van der Waals surface area contributed by atoms with E-state index in [1.165, 1.54) is 0 Å². The SMILES string of the molecule is CS(=O)(=O)Nc1coc(C(=O)N[C@@H](Cc2cc(F)cc(F)c2)[C@H](O)CNCc2cccc(I)c2)n1. The molecule has 3 rings (SSSR count). The van der Waals surface area contributed by atoms with Crippen molar-refractivity contribution in [3.8, 4) is 0 Å². The molecular formula is C22H23F2IN4O5S. The van der Waals surface area contributed by atoms with Gasteiger partial charge in [-0.2, -0.15) is 4.98 Å². The summed E-state index contributed by atoms with van der Waals surface area (Å²) < 4.78 is 58.2. The minimum absolute atomic E-state index is 0.0562.